The van der Waals surface area contributed by atoms with E-state index in [2.05, 4.69) is 61.2 Å². The molecule has 40 heavy (non-hydrogen) atoms. The third-order valence-electron chi connectivity index (χ3n) is 7.27. The molecule has 212 valence electrons. The number of nitrogens with zero attached hydrogens (tertiary/aromatic N) is 3. The van der Waals surface area contributed by atoms with Crippen molar-refractivity contribution in [3.63, 3.8) is 0 Å². The lowest BCUT2D eigenvalue weighted by molar-refractivity contribution is 0.0948. The Morgan fingerprint density at radius 1 is 0.850 bits per heavy atom. The van der Waals surface area contributed by atoms with E-state index in [0.717, 1.165) is 62.9 Å². The molecule has 1 aliphatic rings. The molecule has 2 amide bonds. The lowest BCUT2D eigenvalue weighted by Gasteiger charge is -2.38. The average Bonchev–Trinajstić information content (AvgIpc) is 2.99. The maximum Gasteiger partial charge on any atom is 0.256 e. The number of carbonyl (C=O) groups excluding carboxylic acids is 2. The molecule has 3 aromatic rings. The number of halogens is 1. The van der Waals surface area contributed by atoms with E-state index < -0.39 is 0 Å². The van der Waals surface area contributed by atoms with Crippen LogP contribution in [0.15, 0.2) is 71.2 Å². The normalized spacial score (nSPS) is 13.3. The fourth-order valence-electron chi connectivity index (χ4n) is 4.96. The van der Waals surface area contributed by atoms with Crippen LogP contribution in [0.5, 0.6) is 5.75 Å². The predicted molar refractivity (Wildman–Crippen MR) is 166 cm³/mol. The van der Waals surface area contributed by atoms with Crippen LogP contribution in [-0.2, 0) is 0 Å². The lowest BCUT2D eigenvalue weighted by Crippen LogP contribution is -2.47. The average molecular weight is 609 g/mol. The summed E-state index contributed by atoms with van der Waals surface area (Å²) >= 11 is 3.45. The number of rotatable bonds is 11. The molecule has 0 aliphatic carbocycles. The van der Waals surface area contributed by atoms with Gasteiger partial charge < -0.3 is 30.1 Å². The van der Waals surface area contributed by atoms with Crippen molar-refractivity contribution < 1.29 is 14.3 Å². The molecule has 1 fully saturated rings. The van der Waals surface area contributed by atoms with Crippen molar-refractivity contribution in [2.24, 2.45) is 0 Å². The third-order valence-corrected chi connectivity index (χ3v) is 7.96. The van der Waals surface area contributed by atoms with Crippen LogP contribution in [0.25, 0.3) is 0 Å². The van der Waals surface area contributed by atoms with Crippen LogP contribution in [0.1, 0.15) is 34.6 Å². The zero-order chi connectivity index (χ0) is 28.5. The Hall–Kier alpha value is -3.56. The van der Waals surface area contributed by atoms with Crippen LogP contribution < -0.4 is 25.2 Å². The predicted octanol–water partition coefficient (Wildman–Crippen LogP) is 5.11. The molecule has 0 saturated carbocycles. The van der Waals surface area contributed by atoms with Gasteiger partial charge in [-0.15, -0.1) is 0 Å². The van der Waals surface area contributed by atoms with Crippen LogP contribution in [0, 0.1) is 0 Å². The molecule has 3 aromatic carbocycles. The van der Waals surface area contributed by atoms with Crippen molar-refractivity contribution in [3.8, 4) is 5.75 Å². The number of hydrogen-bond acceptors (Lipinski definition) is 6. The number of ether oxygens (including phenoxy) is 1. The minimum Gasteiger partial charge on any atom is -0.495 e. The number of nitrogens with one attached hydrogen (secondary N) is 2. The Kier molecular flexibility index (Phi) is 10.4. The number of carbonyl (C=O) groups is 2. The zero-order valence-corrected chi connectivity index (χ0v) is 25.0. The summed E-state index contributed by atoms with van der Waals surface area (Å²) in [5.41, 5.74) is 3.59. The fourth-order valence-corrected chi connectivity index (χ4v) is 5.42. The molecule has 2 N–H and O–H groups in total. The van der Waals surface area contributed by atoms with Crippen LogP contribution >= 0.6 is 15.9 Å². The molecule has 8 nitrogen and oxygen atoms in total. The first-order valence-corrected chi connectivity index (χ1v) is 14.6. The van der Waals surface area contributed by atoms with Gasteiger partial charge >= 0.3 is 0 Å². The highest BCUT2D eigenvalue weighted by molar-refractivity contribution is 9.10. The van der Waals surface area contributed by atoms with Gasteiger partial charge in [-0.05, 0) is 71.5 Å². The van der Waals surface area contributed by atoms with E-state index in [1.165, 1.54) is 0 Å². The highest BCUT2D eigenvalue weighted by Crippen LogP contribution is 2.31. The summed E-state index contributed by atoms with van der Waals surface area (Å²) in [6, 6.07) is 20.9. The van der Waals surface area contributed by atoms with E-state index in [1.807, 2.05) is 48.5 Å². The number of para-hydroxylation sites is 2. The number of hydrogen-bond donors (Lipinski definition) is 2. The lowest BCUT2D eigenvalue weighted by atomic mass is 10.1. The second-order valence-electron chi connectivity index (χ2n) is 9.59. The Labute approximate surface area is 245 Å². The Morgan fingerprint density at radius 3 is 2.17 bits per heavy atom. The molecule has 1 aliphatic heterocycles. The fraction of sp³-hybridized carbons (Fsp3) is 0.355. The van der Waals surface area contributed by atoms with Crippen LogP contribution in [0.3, 0.4) is 0 Å². The van der Waals surface area contributed by atoms with Gasteiger partial charge in [0.1, 0.15) is 5.75 Å². The summed E-state index contributed by atoms with van der Waals surface area (Å²) in [4.78, 5) is 33.3. The Morgan fingerprint density at radius 2 is 1.50 bits per heavy atom. The van der Waals surface area contributed by atoms with E-state index in [-0.39, 0.29) is 11.8 Å². The van der Waals surface area contributed by atoms with Gasteiger partial charge in [0.25, 0.3) is 11.8 Å². The second kappa shape index (κ2) is 14.2. The van der Waals surface area contributed by atoms with Crippen molar-refractivity contribution in [3.05, 3.63) is 82.3 Å². The summed E-state index contributed by atoms with van der Waals surface area (Å²) in [6.07, 6.45) is 0. The van der Waals surface area contributed by atoms with Crippen molar-refractivity contribution in [2.75, 3.05) is 74.6 Å². The first kappa shape index (κ1) is 29.4. The van der Waals surface area contributed by atoms with Gasteiger partial charge in [-0.1, -0.05) is 38.1 Å². The van der Waals surface area contributed by atoms with Gasteiger partial charge in [0.15, 0.2) is 0 Å². The molecule has 0 radical (unpaired) electrons. The Bertz CT molecular complexity index is 1310. The summed E-state index contributed by atoms with van der Waals surface area (Å²) in [5, 5.41) is 6.05. The highest BCUT2D eigenvalue weighted by Gasteiger charge is 2.24. The number of anilines is 3. The molecule has 1 saturated heterocycles. The van der Waals surface area contributed by atoms with Gasteiger partial charge in [0, 0.05) is 55.1 Å². The largest absolute Gasteiger partial charge is 0.495 e. The van der Waals surface area contributed by atoms with E-state index >= 15 is 0 Å². The zero-order valence-electron chi connectivity index (χ0n) is 23.5. The summed E-state index contributed by atoms with van der Waals surface area (Å²) in [6.45, 7) is 10.5. The molecular formula is C31H38BrN5O3. The van der Waals surface area contributed by atoms with Crippen molar-refractivity contribution in [1.29, 1.82) is 0 Å². The first-order chi connectivity index (χ1) is 19.4. The number of benzene rings is 3. The van der Waals surface area contributed by atoms with Crippen molar-refractivity contribution >= 4 is 44.8 Å². The van der Waals surface area contributed by atoms with Crippen molar-refractivity contribution in [1.82, 2.24) is 10.2 Å². The van der Waals surface area contributed by atoms with E-state index in [1.54, 1.807) is 19.2 Å². The monoisotopic (exact) mass is 607 g/mol. The van der Waals surface area contributed by atoms with Crippen LogP contribution in [0.2, 0.25) is 0 Å². The molecular weight excluding hydrogens is 570 g/mol. The molecule has 0 bridgehead atoms. The molecule has 0 atom stereocenters. The summed E-state index contributed by atoms with van der Waals surface area (Å²) in [5.74, 6) is 0.471. The molecule has 9 heteroatoms. The number of piperazine rings is 1. The van der Waals surface area contributed by atoms with Gasteiger partial charge in [-0.25, -0.2) is 0 Å². The molecule has 0 aromatic heterocycles. The van der Waals surface area contributed by atoms with Gasteiger partial charge in [0.2, 0.25) is 0 Å². The molecule has 0 spiro atoms. The molecule has 1 heterocycles. The van der Waals surface area contributed by atoms with E-state index in [4.69, 9.17) is 4.74 Å². The number of likely N-dealkylation sites (N-methyl/N-ethyl adjacent to an activating group) is 1. The maximum absolute atomic E-state index is 13.5. The van der Waals surface area contributed by atoms with Crippen LogP contribution in [-0.4, -0.2) is 76.2 Å². The van der Waals surface area contributed by atoms with Gasteiger partial charge in [0.05, 0.1) is 23.9 Å². The van der Waals surface area contributed by atoms with E-state index in [9.17, 15) is 9.59 Å². The highest BCUT2D eigenvalue weighted by atomic mass is 79.9. The van der Waals surface area contributed by atoms with Gasteiger partial charge in [-0.3, -0.25) is 9.59 Å². The first-order valence-electron chi connectivity index (χ1n) is 13.8. The standard InChI is InChI=1S/C31H38BrN5O3/c1-4-35(5-2)17-16-33-30(38)25-22-23(34-31(39)24-10-6-7-11-26(24)32)14-15-27(25)36-18-20-37(21-19-36)28-12-8-9-13-29(28)40-3/h6-15,22H,4-5,16-21H2,1-3H3,(H,33,38)(H,34,39). The molecule has 0 unspecified atom stereocenters. The maximum atomic E-state index is 13.5. The minimum absolute atomic E-state index is 0.147. The quantitative estimate of drug-likeness (QED) is 0.315. The third kappa shape index (κ3) is 7.14. The number of methoxy groups -OCH3 is 1. The van der Waals surface area contributed by atoms with Crippen LogP contribution in [0.4, 0.5) is 17.1 Å². The molecule has 4 rings (SSSR count). The SMILES string of the molecule is CCN(CC)CCNC(=O)c1cc(NC(=O)c2ccccc2Br)ccc1N1CCN(c2ccccc2OC)CC1. The summed E-state index contributed by atoms with van der Waals surface area (Å²) in [7, 11) is 1.69. The minimum atomic E-state index is -0.237. The topological polar surface area (TPSA) is 77.2 Å². The van der Waals surface area contributed by atoms with E-state index in [0.29, 0.717) is 27.8 Å². The summed E-state index contributed by atoms with van der Waals surface area (Å²) < 4.78 is 6.28. The number of amides is 2. The second-order valence-corrected chi connectivity index (χ2v) is 10.4. The van der Waals surface area contributed by atoms with Gasteiger partial charge in [-0.2, -0.15) is 0 Å². The smallest absolute Gasteiger partial charge is 0.256 e. The van der Waals surface area contributed by atoms with Crippen molar-refractivity contribution in [2.45, 2.75) is 13.8 Å². The Balaban J connectivity index is 1.54.